The van der Waals surface area contributed by atoms with Crippen LogP contribution in [0, 0.1) is 0 Å². The van der Waals surface area contributed by atoms with Crippen LogP contribution in [0.4, 0.5) is 5.69 Å². The molecule has 1 amide bonds. The van der Waals surface area contributed by atoms with Gasteiger partial charge in [0.2, 0.25) is 5.91 Å². The molecule has 0 saturated heterocycles. The van der Waals surface area contributed by atoms with E-state index in [0.29, 0.717) is 19.4 Å². The van der Waals surface area contributed by atoms with E-state index in [1.807, 2.05) is 37.3 Å². The van der Waals surface area contributed by atoms with Gasteiger partial charge in [0, 0.05) is 31.1 Å². The number of amides is 1. The van der Waals surface area contributed by atoms with E-state index in [1.54, 1.807) is 4.90 Å². The number of para-hydroxylation sites is 1. The van der Waals surface area contributed by atoms with Gasteiger partial charge in [-0.3, -0.25) is 9.59 Å². The molecule has 0 aliphatic carbocycles. The second kappa shape index (κ2) is 9.13. The number of hydrogen-bond acceptors (Lipinski definition) is 3. The van der Waals surface area contributed by atoms with E-state index in [1.165, 1.54) is 0 Å². The van der Waals surface area contributed by atoms with Crippen LogP contribution in [-0.4, -0.2) is 29.6 Å². The van der Waals surface area contributed by atoms with Crippen molar-refractivity contribution in [1.82, 2.24) is 0 Å². The van der Waals surface area contributed by atoms with E-state index in [2.05, 4.69) is 0 Å². The first kappa shape index (κ1) is 17.2. The summed E-state index contributed by atoms with van der Waals surface area (Å²) in [4.78, 5) is 24.6. The summed E-state index contributed by atoms with van der Waals surface area (Å²) in [5.41, 5.74) is 6.50. The summed E-state index contributed by atoms with van der Waals surface area (Å²) >= 11 is 0. The van der Waals surface area contributed by atoms with Gasteiger partial charge < -0.3 is 15.7 Å². The molecule has 0 radical (unpaired) electrons. The van der Waals surface area contributed by atoms with Crippen molar-refractivity contribution in [2.24, 2.45) is 5.73 Å². The molecule has 1 aromatic rings. The molecule has 0 spiro atoms. The van der Waals surface area contributed by atoms with E-state index in [9.17, 15) is 9.59 Å². The molecule has 0 saturated carbocycles. The van der Waals surface area contributed by atoms with Crippen LogP contribution >= 0.6 is 0 Å². The van der Waals surface area contributed by atoms with Gasteiger partial charge >= 0.3 is 5.97 Å². The summed E-state index contributed by atoms with van der Waals surface area (Å²) in [5.74, 6) is -0.820. The zero-order valence-electron chi connectivity index (χ0n) is 12.5. The van der Waals surface area contributed by atoms with E-state index < -0.39 is 5.97 Å². The highest BCUT2D eigenvalue weighted by molar-refractivity contribution is 5.93. The van der Waals surface area contributed by atoms with Gasteiger partial charge in [0.05, 0.1) is 0 Å². The van der Waals surface area contributed by atoms with Crippen LogP contribution in [0.15, 0.2) is 30.3 Å². The van der Waals surface area contributed by atoms with Crippen LogP contribution in [0.2, 0.25) is 0 Å². The number of nitrogens with zero attached hydrogens (tertiary/aromatic N) is 1. The highest BCUT2D eigenvalue weighted by Crippen LogP contribution is 2.16. The molecule has 0 aliphatic rings. The average molecular weight is 292 g/mol. The lowest BCUT2D eigenvalue weighted by atomic mass is 10.1. The minimum Gasteiger partial charge on any atom is -0.481 e. The van der Waals surface area contributed by atoms with Crippen molar-refractivity contribution in [3.63, 3.8) is 0 Å². The third-order valence-electron chi connectivity index (χ3n) is 3.19. The lowest BCUT2D eigenvalue weighted by molar-refractivity contribution is -0.137. The van der Waals surface area contributed by atoms with E-state index in [0.717, 1.165) is 18.5 Å². The molecule has 1 unspecified atom stereocenters. The number of carboxylic acids is 1. The number of anilines is 1. The number of nitrogens with two attached hydrogens (primary N) is 1. The Morgan fingerprint density at radius 3 is 2.43 bits per heavy atom. The number of carboxylic acid groups (broad SMARTS) is 1. The number of aliphatic carboxylic acids is 1. The smallest absolute Gasteiger partial charge is 0.303 e. The maximum absolute atomic E-state index is 12.3. The number of hydrogen-bond donors (Lipinski definition) is 2. The second-order valence-corrected chi connectivity index (χ2v) is 5.25. The molecule has 1 aromatic carbocycles. The molecule has 1 atom stereocenters. The molecule has 5 heteroatoms. The van der Waals surface area contributed by atoms with Crippen LogP contribution < -0.4 is 10.6 Å². The molecule has 0 heterocycles. The first-order valence-corrected chi connectivity index (χ1v) is 7.33. The number of carbonyl (C=O) groups is 2. The monoisotopic (exact) mass is 292 g/mol. The van der Waals surface area contributed by atoms with Crippen molar-refractivity contribution < 1.29 is 14.7 Å². The van der Waals surface area contributed by atoms with Crippen molar-refractivity contribution >= 4 is 17.6 Å². The van der Waals surface area contributed by atoms with E-state index >= 15 is 0 Å². The quantitative estimate of drug-likeness (QED) is 0.732. The average Bonchev–Trinajstić information content (AvgIpc) is 2.43. The summed E-state index contributed by atoms with van der Waals surface area (Å²) in [7, 11) is 0. The topological polar surface area (TPSA) is 83.6 Å². The van der Waals surface area contributed by atoms with Gasteiger partial charge in [-0.2, -0.15) is 0 Å². The number of benzene rings is 1. The fourth-order valence-electron chi connectivity index (χ4n) is 2.10. The molecule has 0 aliphatic heterocycles. The second-order valence-electron chi connectivity index (χ2n) is 5.25. The third kappa shape index (κ3) is 6.90. The summed E-state index contributed by atoms with van der Waals surface area (Å²) < 4.78 is 0. The Morgan fingerprint density at radius 2 is 1.86 bits per heavy atom. The Labute approximate surface area is 125 Å². The summed E-state index contributed by atoms with van der Waals surface area (Å²) in [5, 5.41) is 8.72. The highest BCUT2D eigenvalue weighted by atomic mass is 16.4. The number of rotatable bonds is 9. The molecule has 21 heavy (non-hydrogen) atoms. The summed E-state index contributed by atoms with van der Waals surface area (Å²) in [6, 6.07) is 9.45. The van der Waals surface area contributed by atoms with Crippen molar-refractivity contribution in [3.05, 3.63) is 30.3 Å². The predicted octanol–water partition coefficient (Wildman–Crippen LogP) is 2.40. The van der Waals surface area contributed by atoms with E-state index in [4.69, 9.17) is 10.8 Å². The van der Waals surface area contributed by atoms with Gasteiger partial charge in [0.1, 0.15) is 0 Å². The Hall–Kier alpha value is -1.88. The summed E-state index contributed by atoms with van der Waals surface area (Å²) in [6.07, 6.45) is 2.51. The molecule has 0 fully saturated rings. The Morgan fingerprint density at radius 1 is 1.19 bits per heavy atom. The largest absolute Gasteiger partial charge is 0.481 e. The molecule has 5 nitrogen and oxygen atoms in total. The number of carbonyl (C=O) groups excluding carboxylic acids is 1. The van der Waals surface area contributed by atoms with Crippen LogP contribution in [0.3, 0.4) is 0 Å². The van der Waals surface area contributed by atoms with Crippen molar-refractivity contribution in [3.8, 4) is 0 Å². The standard InChI is InChI=1S/C16H24N2O3/c1-13(17)7-5-10-15(19)18(12-6-11-16(20)21)14-8-3-2-4-9-14/h2-4,8-9,13H,5-7,10-12,17H2,1H3,(H,20,21). The molecule has 0 bridgehead atoms. The van der Waals surface area contributed by atoms with Gasteiger partial charge in [-0.15, -0.1) is 0 Å². The highest BCUT2D eigenvalue weighted by Gasteiger charge is 2.15. The lowest BCUT2D eigenvalue weighted by Gasteiger charge is -2.23. The van der Waals surface area contributed by atoms with Crippen molar-refractivity contribution in [2.45, 2.75) is 45.1 Å². The molecule has 3 N–H and O–H groups in total. The molecular weight excluding hydrogens is 268 g/mol. The molecule has 1 rings (SSSR count). The molecule has 116 valence electrons. The van der Waals surface area contributed by atoms with Crippen molar-refractivity contribution in [2.75, 3.05) is 11.4 Å². The Balaban J connectivity index is 2.63. The van der Waals surface area contributed by atoms with Gasteiger partial charge in [-0.05, 0) is 38.3 Å². The predicted molar refractivity (Wildman–Crippen MR) is 83.2 cm³/mol. The Kier molecular flexibility index (Phi) is 7.46. The molecule has 0 aromatic heterocycles. The SMILES string of the molecule is CC(N)CCCC(=O)N(CCCC(=O)O)c1ccccc1. The first-order chi connectivity index (χ1) is 10.0. The van der Waals surface area contributed by atoms with E-state index in [-0.39, 0.29) is 18.4 Å². The zero-order chi connectivity index (χ0) is 15.7. The fraction of sp³-hybridized carbons (Fsp3) is 0.500. The minimum absolute atomic E-state index is 0.0206. The van der Waals surface area contributed by atoms with Gasteiger partial charge in [-0.25, -0.2) is 0 Å². The molecular formula is C16H24N2O3. The van der Waals surface area contributed by atoms with Crippen LogP contribution in [0.5, 0.6) is 0 Å². The normalized spacial score (nSPS) is 11.9. The third-order valence-corrected chi connectivity index (χ3v) is 3.19. The van der Waals surface area contributed by atoms with Crippen LogP contribution in [0.1, 0.15) is 39.0 Å². The van der Waals surface area contributed by atoms with Gasteiger partial charge in [0.15, 0.2) is 0 Å². The van der Waals surface area contributed by atoms with Crippen LogP contribution in [0.25, 0.3) is 0 Å². The fourth-order valence-corrected chi connectivity index (χ4v) is 2.10. The zero-order valence-corrected chi connectivity index (χ0v) is 12.5. The first-order valence-electron chi connectivity index (χ1n) is 7.33. The maximum atomic E-state index is 12.3. The van der Waals surface area contributed by atoms with Crippen molar-refractivity contribution in [1.29, 1.82) is 0 Å². The van der Waals surface area contributed by atoms with Gasteiger partial charge in [-0.1, -0.05) is 18.2 Å². The summed E-state index contributed by atoms with van der Waals surface area (Å²) in [6.45, 7) is 2.35. The van der Waals surface area contributed by atoms with Gasteiger partial charge in [0.25, 0.3) is 0 Å². The Bertz CT molecular complexity index is 446. The minimum atomic E-state index is -0.840. The maximum Gasteiger partial charge on any atom is 0.303 e. The lowest BCUT2D eigenvalue weighted by Crippen LogP contribution is -2.32. The van der Waals surface area contributed by atoms with Crippen LogP contribution in [-0.2, 0) is 9.59 Å².